The Hall–Kier alpha value is -2.92. The first-order valence-corrected chi connectivity index (χ1v) is 12.2. The van der Waals surface area contributed by atoms with Crippen LogP contribution >= 0.6 is 11.6 Å². The van der Waals surface area contributed by atoms with E-state index in [0.717, 1.165) is 67.1 Å². The SMILES string of the molecule is O=C(O)C(c1cccc(Cl)c1)C1C(c2ccc(CCN3CCOCC3)cc2)=Cc2ccccc21. The molecule has 0 radical (unpaired) electrons. The molecule has 5 rings (SSSR count). The van der Waals surface area contributed by atoms with Gasteiger partial charge in [-0.1, -0.05) is 78.3 Å². The fourth-order valence-corrected chi connectivity index (χ4v) is 5.32. The highest BCUT2D eigenvalue weighted by molar-refractivity contribution is 6.30. The number of nitrogens with zero attached hydrogens (tertiary/aromatic N) is 1. The predicted octanol–water partition coefficient (Wildman–Crippen LogP) is 5.72. The number of hydrogen-bond acceptors (Lipinski definition) is 3. The van der Waals surface area contributed by atoms with E-state index < -0.39 is 11.9 Å². The Balaban J connectivity index is 1.44. The molecule has 2 unspecified atom stereocenters. The predicted molar refractivity (Wildman–Crippen MR) is 136 cm³/mol. The van der Waals surface area contributed by atoms with Crippen molar-refractivity contribution < 1.29 is 14.6 Å². The molecule has 1 saturated heterocycles. The van der Waals surface area contributed by atoms with Crippen LogP contribution in [0.15, 0.2) is 72.8 Å². The number of morpholine rings is 1. The van der Waals surface area contributed by atoms with Crippen LogP contribution in [0, 0.1) is 0 Å². The van der Waals surface area contributed by atoms with Crippen LogP contribution in [-0.2, 0) is 16.0 Å². The Morgan fingerprint density at radius 1 is 1.03 bits per heavy atom. The smallest absolute Gasteiger partial charge is 0.311 e. The van der Waals surface area contributed by atoms with E-state index in [2.05, 4.69) is 41.3 Å². The number of ether oxygens (including phenoxy) is 1. The molecule has 0 amide bonds. The van der Waals surface area contributed by atoms with E-state index in [-0.39, 0.29) is 5.92 Å². The summed E-state index contributed by atoms with van der Waals surface area (Å²) < 4.78 is 5.44. The lowest BCUT2D eigenvalue weighted by Gasteiger charge is -2.26. The number of aliphatic carboxylic acids is 1. The van der Waals surface area contributed by atoms with Gasteiger partial charge in [-0.3, -0.25) is 9.69 Å². The van der Waals surface area contributed by atoms with Crippen molar-refractivity contribution in [2.75, 3.05) is 32.8 Å². The van der Waals surface area contributed by atoms with Gasteiger partial charge in [0, 0.05) is 30.6 Å². The summed E-state index contributed by atoms with van der Waals surface area (Å²) in [6.07, 6.45) is 3.13. The minimum absolute atomic E-state index is 0.286. The molecule has 1 heterocycles. The van der Waals surface area contributed by atoms with Gasteiger partial charge < -0.3 is 9.84 Å². The number of carboxylic acids is 1. The zero-order chi connectivity index (χ0) is 23.5. The van der Waals surface area contributed by atoms with Crippen LogP contribution in [-0.4, -0.2) is 48.8 Å². The quantitative estimate of drug-likeness (QED) is 0.476. The number of benzene rings is 3. The van der Waals surface area contributed by atoms with Crippen LogP contribution in [0.1, 0.15) is 39.7 Å². The Bertz CT molecular complexity index is 1200. The molecule has 1 aliphatic carbocycles. The molecular weight excluding hydrogens is 446 g/mol. The maximum atomic E-state index is 12.6. The first kappa shape index (κ1) is 22.9. The van der Waals surface area contributed by atoms with E-state index in [1.54, 1.807) is 12.1 Å². The van der Waals surface area contributed by atoms with E-state index in [0.29, 0.717) is 5.02 Å². The van der Waals surface area contributed by atoms with E-state index in [1.165, 1.54) is 5.56 Å². The molecule has 0 saturated carbocycles. The van der Waals surface area contributed by atoms with Crippen molar-refractivity contribution in [3.05, 3.63) is 106 Å². The molecule has 0 aromatic heterocycles. The highest BCUT2D eigenvalue weighted by atomic mass is 35.5. The van der Waals surface area contributed by atoms with Gasteiger partial charge in [-0.05, 0) is 51.9 Å². The molecular formula is C29H28ClNO3. The normalized spacial score (nSPS) is 18.9. The second kappa shape index (κ2) is 10.1. The van der Waals surface area contributed by atoms with Gasteiger partial charge in [-0.2, -0.15) is 0 Å². The zero-order valence-electron chi connectivity index (χ0n) is 19.0. The topological polar surface area (TPSA) is 49.8 Å². The van der Waals surface area contributed by atoms with Gasteiger partial charge in [0.25, 0.3) is 0 Å². The number of fused-ring (bicyclic) bond motifs is 1. The maximum Gasteiger partial charge on any atom is 0.311 e. The maximum absolute atomic E-state index is 12.6. The first-order chi connectivity index (χ1) is 16.6. The van der Waals surface area contributed by atoms with Crippen molar-refractivity contribution in [2.45, 2.75) is 18.3 Å². The van der Waals surface area contributed by atoms with Crippen molar-refractivity contribution in [2.24, 2.45) is 0 Å². The molecule has 0 bridgehead atoms. The largest absolute Gasteiger partial charge is 0.481 e. The van der Waals surface area contributed by atoms with Gasteiger partial charge in [-0.15, -0.1) is 0 Å². The highest BCUT2D eigenvalue weighted by Crippen LogP contribution is 2.49. The van der Waals surface area contributed by atoms with Crippen molar-refractivity contribution in [3.8, 4) is 0 Å². The van der Waals surface area contributed by atoms with Gasteiger partial charge in [0.1, 0.15) is 0 Å². The van der Waals surface area contributed by atoms with Crippen molar-refractivity contribution in [1.82, 2.24) is 4.90 Å². The lowest BCUT2D eigenvalue weighted by molar-refractivity contribution is -0.139. The van der Waals surface area contributed by atoms with E-state index >= 15 is 0 Å². The monoisotopic (exact) mass is 473 g/mol. The third-order valence-electron chi connectivity index (χ3n) is 6.89. The van der Waals surface area contributed by atoms with Crippen LogP contribution in [0.25, 0.3) is 11.6 Å². The number of halogens is 1. The molecule has 0 spiro atoms. The van der Waals surface area contributed by atoms with Crippen molar-refractivity contribution in [1.29, 1.82) is 0 Å². The molecule has 5 heteroatoms. The minimum Gasteiger partial charge on any atom is -0.481 e. The van der Waals surface area contributed by atoms with E-state index in [9.17, 15) is 9.90 Å². The number of hydrogen-bond donors (Lipinski definition) is 1. The van der Waals surface area contributed by atoms with Crippen LogP contribution in [0.4, 0.5) is 0 Å². The Morgan fingerprint density at radius 3 is 2.53 bits per heavy atom. The molecule has 174 valence electrons. The molecule has 4 nitrogen and oxygen atoms in total. The molecule has 3 aromatic carbocycles. The van der Waals surface area contributed by atoms with Gasteiger partial charge in [0.2, 0.25) is 0 Å². The van der Waals surface area contributed by atoms with Crippen molar-refractivity contribution >= 4 is 29.2 Å². The average molecular weight is 474 g/mol. The summed E-state index contributed by atoms with van der Waals surface area (Å²) in [6.45, 7) is 4.63. The van der Waals surface area contributed by atoms with Crippen LogP contribution in [0.5, 0.6) is 0 Å². The third kappa shape index (κ3) is 4.80. The summed E-state index contributed by atoms with van der Waals surface area (Å²) in [7, 11) is 0. The summed E-state index contributed by atoms with van der Waals surface area (Å²) in [5.74, 6) is -1.86. The second-order valence-electron chi connectivity index (χ2n) is 8.98. The van der Waals surface area contributed by atoms with E-state index in [4.69, 9.17) is 16.3 Å². The summed E-state index contributed by atoms with van der Waals surface area (Å²) in [5, 5.41) is 10.9. The standard InChI is InChI=1S/C29H28ClNO3/c30-24-6-3-5-23(18-24)27(29(32)33)28-25-7-2-1-4-22(25)19-26(28)21-10-8-20(9-11-21)12-13-31-14-16-34-17-15-31/h1-11,18-19,27-28H,12-17H2,(H,32,33). The second-order valence-corrected chi connectivity index (χ2v) is 9.41. The first-order valence-electron chi connectivity index (χ1n) is 11.8. The molecule has 1 N–H and O–H groups in total. The number of carboxylic acid groups (broad SMARTS) is 1. The lowest BCUT2D eigenvalue weighted by atomic mass is 9.77. The fourth-order valence-electron chi connectivity index (χ4n) is 5.13. The highest BCUT2D eigenvalue weighted by Gasteiger charge is 2.38. The molecule has 34 heavy (non-hydrogen) atoms. The molecule has 3 aromatic rings. The number of allylic oxidation sites excluding steroid dienone is 1. The lowest BCUT2D eigenvalue weighted by Crippen LogP contribution is -2.37. The Morgan fingerprint density at radius 2 is 1.79 bits per heavy atom. The molecule has 1 fully saturated rings. The molecule has 1 aliphatic heterocycles. The fraction of sp³-hybridized carbons (Fsp3) is 0.276. The van der Waals surface area contributed by atoms with Gasteiger partial charge in [-0.25, -0.2) is 0 Å². The number of carbonyl (C=O) groups is 1. The van der Waals surface area contributed by atoms with Gasteiger partial charge in [0.05, 0.1) is 19.1 Å². The van der Waals surface area contributed by atoms with Crippen molar-refractivity contribution in [3.63, 3.8) is 0 Å². The summed E-state index contributed by atoms with van der Waals surface area (Å²) >= 11 is 6.24. The summed E-state index contributed by atoms with van der Waals surface area (Å²) in [5.41, 5.74) is 6.22. The Kier molecular flexibility index (Phi) is 6.82. The van der Waals surface area contributed by atoms with Gasteiger partial charge in [0.15, 0.2) is 0 Å². The zero-order valence-corrected chi connectivity index (χ0v) is 19.7. The minimum atomic E-state index is -0.850. The third-order valence-corrected chi connectivity index (χ3v) is 7.13. The van der Waals surface area contributed by atoms with E-state index in [1.807, 2.05) is 30.3 Å². The van der Waals surface area contributed by atoms with Crippen LogP contribution in [0.2, 0.25) is 5.02 Å². The summed E-state index contributed by atoms with van der Waals surface area (Å²) in [6, 6.07) is 23.9. The van der Waals surface area contributed by atoms with Crippen LogP contribution < -0.4 is 0 Å². The van der Waals surface area contributed by atoms with Crippen LogP contribution in [0.3, 0.4) is 0 Å². The van der Waals surface area contributed by atoms with Gasteiger partial charge >= 0.3 is 5.97 Å². The molecule has 2 aliphatic rings. The average Bonchev–Trinajstić information content (AvgIpc) is 3.23. The Labute approximate surface area is 205 Å². The summed E-state index contributed by atoms with van der Waals surface area (Å²) in [4.78, 5) is 15.0. The number of rotatable bonds is 7. The molecule has 2 atom stereocenters.